The van der Waals surface area contributed by atoms with Gasteiger partial charge in [0.2, 0.25) is 11.8 Å². The third-order valence-electron chi connectivity index (χ3n) is 3.47. The number of amides is 3. The summed E-state index contributed by atoms with van der Waals surface area (Å²) in [4.78, 5) is 36.4. The Morgan fingerprint density at radius 3 is 2.45 bits per heavy atom. The van der Waals surface area contributed by atoms with Gasteiger partial charge in [-0.3, -0.25) is 24.4 Å². The number of aromatic nitrogens is 2. The topological polar surface area (TPSA) is 95.2 Å². The summed E-state index contributed by atoms with van der Waals surface area (Å²) in [5.41, 5.74) is 1.88. The molecule has 1 saturated heterocycles. The number of carbonyl (C=O) groups excluding carboxylic acids is 3. The van der Waals surface area contributed by atoms with Crippen molar-refractivity contribution < 1.29 is 14.4 Å². The highest BCUT2D eigenvalue weighted by molar-refractivity contribution is 6.04. The average molecular weight is 298 g/mol. The van der Waals surface area contributed by atoms with E-state index in [0.717, 1.165) is 5.56 Å². The van der Waals surface area contributed by atoms with Crippen LogP contribution in [-0.4, -0.2) is 32.8 Å². The van der Waals surface area contributed by atoms with Gasteiger partial charge in [0.05, 0.1) is 18.4 Å². The number of hydrogen-bond acceptors (Lipinski definition) is 4. The zero-order chi connectivity index (χ0) is 15.5. The van der Waals surface area contributed by atoms with Crippen molar-refractivity contribution in [2.45, 2.75) is 19.4 Å². The third kappa shape index (κ3) is 2.88. The summed E-state index contributed by atoms with van der Waals surface area (Å²) in [5.74, 6) is -0.542. The van der Waals surface area contributed by atoms with Gasteiger partial charge in [-0.2, -0.15) is 5.10 Å². The van der Waals surface area contributed by atoms with Crippen LogP contribution in [0.5, 0.6) is 0 Å². The molecule has 22 heavy (non-hydrogen) atoms. The van der Waals surface area contributed by atoms with Crippen LogP contribution in [0.15, 0.2) is 36.7 Å². The molecule has 1 aromatic heterocycles. The lowest BCUT2D eigenvalue weighted by molar-refractivity contribution is -0.139. The normalized spacial score (nSPS) is 14.5. The Labute approximate surface area is 126 Å². The minimum Gasteiger partial charge on any atom is -0.319 e. The van der Waals surface area contributed by atoms with E-state index < -0.39 is 0 Å². The summed E-state index contributed by atoms with van der Waals surface area (Å²) < 4.78 is 0. The van der Waals surface area contributed by atoms with Crippen LogP contribution in [0.4, 0.5) is 5.69 Å². The molecule has 1 aliphatic rings. The van der Waals surface area contributed by atoms with Gasteiger partial charge in [-0.1, -0.05) is 12.1 Å². The van der Waals surface area contributed by atoms with Gasteiger partial charge in [0.25, 0.3) is 5.91 Å². The highest BCUT2D eigenvalue weighted by Gasteiger charge is 2.28. The van der Waals surface area contributed by atoms with Crippen LogP contribution >= 0.6 is 0 Å². The van der Waals surface area contributed by atoms with Crippen molar-refractivity contribution >= 4 is 23.4 Å². The van der Waals surface area contributed by atoms with Crippen molar-refractivity contribution in [1.29, 1.82) is 0 Å². The van der Waals surface area contributed by atoms with Gasteiger partial charge in [0.1, 0.15) is 0 Å². The van der Waals surface area contributed by atoms with Gasteiger partial charge in [0, 0.05) is 24.6 Å². The fourth-order valence-corrected chi connectivity index (χ4v) is 2.27. The molecule has 0 unspecified atom stereocenters. The molecular weight excluding hydrogens is 284 g/mol. The van der Waals surface area contributed by atoms with Gasteiger partial charge in [-0.25, -0.2) is 0 Å². The van der Waals surface area contributed by atoms with E-state index in [-0.39, 0.29) is 37.1 Å². The molecular formula is C15H14N4O3. The van der Waals surface area contributed by atoms with Crippen molar-refractivity contribution in [2.24, 2.45) is 0 Å². The van der Waals surface area contributed by atoms with Gasteiger partial charge >= 0.3 is 0 Å². The summed E-state index contributed by atoms with van der Waals surface area (Å²) in [7, 11) is 0. The Morgan fingerprint density at radius 2 is 1.86 bits per heavy atom. The van der Waals surface area contributed by atoms with E-state index in [1.165, 1.54) is 11.1 Å². The number of H-pyrrole nitrogens is 1. The van der Waals surface area contributed by atoms with Crippen molar-refractivity contribution in [3.63, 3.8) is 0 Å². The fraction of sp³-hybridized carbons (Fsp3) is 0.200. The Hall–Kier alpha value is -2.96. The Bertz CT molecular complexity index is 691. The molecule has 2 heterocycles. The minimum atomic E-state index is -0.249. The van der Waals surface area contributed by atoms with Crippen LogP contribution in [0, 0.1) is 0 Å². The monoisotopic (exact) mass is 298 g/mol. The minimum absolute atomic E-state index is 0.147. The smallest absolute Gasteiger partial charge is 0.255 e. The van der Waals surface area contributed by atoms with Crippen LogP contribution in [0.2, 0.25) is 0 Å². The predicted octanol–water partition coefficient (Wildman–Crippen LogP) is 1.31. The standard InChI is InChI=1S/C15H14N4O3/c20-13-5-6-14(21)19(13)9-10-1-3-11(4-2-10)15(22)18-12-7-16-17-8-12/h1-4,7-8H,5-6,9H2,(H,16,17)(H,18,22). The highest BCUT2D eigenvalue weighted by Crippen LogP contribution is 2.16. The van der Waals surface area contributed by atoms with E-state index in [9.17, 15) is 14.4 Å². The molecule has 7 nitrogen and oxygen atoms in total. The first kappa shape index (κ1) is 14.0. The van der Waals surface area contributed by atoms with Crippen molar-refractivity contribution in [3.05, 3.63) is 47.8 Å². The van der Waals surface area contributed by atoms with Gasteiger partial charge in [-0.15, -0.1) is 0 Å². The average Bonchev–Trinajstić information content (AvgIpc) is 3.13. The second kappa shape index (κ2) is 5.80. The molecule has 1 fully saturated rings. The van der Waals surface area contributed by atoms with Crippen LogP contribution in [0.1, 0.15) is 28.8 Å². The van der Waals surface area contributed by atoms with E-state index >= 15 is 0 Å². The van der Waals surface area contributed by atoms with Crippen molar-refractivity contribution in [3.8, 4) is 0 Å². The predicted molar refractivity (Wildman–Crippen MR) is 77.8 cm³/mol. The molecule has 112 valence electrons. The Morgan fingerprint density at radius 1 is 1.18 bits per heavy atom. The fourth-order valence-electron chi connectivity index (χ4n) is 2.27. The van der Waals surface area contributed by atoms with E-state index in [2.05, 4.69) is 15.5 Å². The first-order valence-corrected chi connectivity index (χ1v) is 6.86. The first-order valence-electron chi connectivity index (χ1n) is 6.86. The molecule has 0 aliphatic carbocycles. The second-order valence-corrected chi connectivity index (χ2v) is 5.01. The first-order chi connectivity index (χ1) is 10.6. The maximum atomic E-state index is 12.0. The maximum absolute atomic E-state index is 12.0. The lowest BCUT2D eigenvalue weighted by atomic mass is 10.1. The molecule has 2 aromatic rings. The molecule has 1 aromatic carbocycles. The molecule has 1 aliphatic heterocycles. The number of rotatable bonds is 4. The molecule has 3 amide bonds. The molecule has 0 spiro atoms. The number of hydrogen-bond donors (Lipinski definition) is 2. The number of benzene rings is 1. The second-order valence-electron chi connectivity index (χ2n) is 5.01. The number of carbonyl (C=O) groups is 3. The number of nitrogens with zero attached hydrogens (tertiary/aromatic N) is 2. The summed E-state index contributed by atoms with van der Waals surface area (Å²) in [6, 6.07) is 6.80. The molecule has 0 radical (unpaired) electrons. The number of aromatic amines is 1. The largest absolute Gasteiger partial charge is 0.319 e. The summed E-state index contributed by atoms with van der Waals surface area (Å²) >= 11 is 0. The van der Waals surface area contributed by atoms with Gasteiger partial charge < -0.3 is 5.32 Å². The number of nitrogens with one attached hydrogen (secondary N) is 2. The molecule has 0 saturated carbocycles. The quantitative estimate of drug-likeness (QED) is 0.832. The number of anilines is 1. The maximum Gasteiger partial charge on any atom is 0.255 e. The SMILES string of the molecule is O=C(Nc1cn[nH]c1)c1ccc(CN2C(=O)CCC2=O)cc1. The van der Waals surface area contributed by atoms with E-state index in [1.54, 1.807) is 30.5 Å². The van der Waals surface area contributed by atoms with Crippen LogP contribution in [0.25, 0.3) is 0 Å². The number of likely N-dealkylation sites (tertiary alicyclic amines) is 1. The third-order valence-corrected chi connectivity index (χ3v) is 3.47. The molecule has 0 bridgehead atoms. The van der Waals surface area contributed by atoms with Crippen molar-refractivity contribution in [1.82, 2.24) is 15.1 Å². The summed E-state index contributed by atoms with van der Waals surface area (Å²) in [6.07, 6.45) is 3.65. The molecule has 0 atom stereocenters. The van der Waals surface area contributed by atoms with Crippen molar-refractivity contribution in [2.75, 3.05) is 5.32 Å². The Kier molecular flexibility index (Phi) is 3.69. The van der Waals surface area contributed by atoms with Gasteiger partial charge in [0.15, 0.2) is 0 Å². The zero-order valence-corrected chi connectivity index (χ0v) is 11.7. The van der Waals surface area contributed by atoms with Crippen LogP contribution in [-0.2, 0) is 16.1 Å². The van der Waals surface area contributed by atoms with E-state index in [1.807, 2.05) is 0 Å². The van der Waals surface area contributed by atoms with Crippen LogP contribution < -0.4 is 5.32 Å². The number of imide groups is 1. The lowest BCUT2D eigenvalue weighted by Gasteiger charge is -2.13. The zero-order valence-electron chi connectivity index (χ0n) is 11.7. The summed E-state index contributed by atoms with van der Waals surface area (Å²) in [5, 5.41) is 9.05. The van der Waals surface area contributed by atoms with Crippen LogP contribution in [0.3, 0.4) is 0 Å². The lowest BCUT2D eigenvalue weighted by Crippen LogP contribution is -2.28. The Balaban J connectivity index is 1.66. The van der Waals surface area contributed by atoms with Gasteiger partial charge in [-0.05, 0) is 17.7 Å². The molecule has 2 N–H and O–H groups in total. The summed E-state index contributed by atoms with van der Waals surface area (Å²) in [6.45, 7) is 0.251. The highest BCUT2D eigenvalue weighted by atomic mass is 16.2. The molecule has 3 rings (SSSR count). The van der Waals surface area contributed by atoms with E-state index in [4.69, 9.17) is 0 Å². The van der Waals surface area contributed by atoms with E-state index in [0.29, 0.717) is 11.3 Å². The molecule has 7 heteroatoms.